The first-order valence-corrected chi connectivity index (χ1v) is 15.3. The molecule has 1 saturated heterocycles. The van der Waals surface area contributed by atoms with E-state index in [0.717, 1.165) is 67.8 Å². The highest BCUT2D eigenvalue weighted by molar-refractivity contribution is 5.90. The van der Waals surface area contributed by atoms with Crippen LogP contribution in [-0.4, -0.2) is 40.8 Å². The van der Waals surface area contributed by atoms with Crippen LogP contribution in [0.1, 0.15) is 69.5 Å². The Bertz CT molecular complexity index is 1510. The second-order valence-electron chi connectivity index (χ2n) is 12.0. The standard InChI is InChI=1S/C35H42N2O2.C2H2/c1-25(2)24-37-32-12-6-13-34(31(32)23-33(37)35(38)28-10-5-11-28)39-21-7-18-36-19-16-27(17-20-36)30-15-14-26-8-3-4-9-29(26)22-30;1-2/h3-4,6,8-9,12-15,22-23,25,27,38H,5,7,10-11,16-21,24H2,1-2H3;1-2H. The van der Waals surface area contributed by atoms with Crippen molar-refractivity contribution in [3.05, 3.63) is 83.6 Å². The lowest BCUT2D eigenvalue weighted by molar-refractivity contribution is 0.193. The van der Waals surface area contributed by atoms with Crippen molar-refractivity contribution in [1.29, 1.82) is 0 Å². The lowest BCUT2D eigenvalue weighted by Gasteiger charge is -2.32. The molecule has 1 N–H and O–H groups in total. The van der Waals surface area contributed by atoms with Gasteiger partial charge in [0.1, 0.15) is 11.5 Å². The van der Waals surface area contributed by atoms with Gasteiger partial charge in [0.05, 0.1) is 17.8 Å². The van der Waals surface area contributed by atoms with Crippen LogP contribution in [-0.2, 0) is 6.54 Å². The lowest BCUT2D eigenvalue weighted by Crippen LogP contribution is -2.34. The number of fused-ring (bicyclic) bond motifs is 2. The molecule has 1 aromatic heterocycles. The summed E-state index contributed by atoms with van der Waals surface area (Å²) in [7, 11) is 0. The van der Waals surface area contributed by atoms with Crippen molar-refractivity contribution in [1.82, 2.24) is 9.47 Å². The Morgan fingerprint density at radius 3 is 2.41 bits per heavy atom. The Labute approximate surface area is 245 Å². The normalized spacial score (nSPS) is 16.0. The van der Waals surface area contributed by atoms with Gasteiger partial charge in [-0.2, -0.15) is 0 Å². The molecule has 4 aromatic rings. The summed E-state index contributed by atoms with van der Waals surface area (Å²) in [5.74, 6) is 2.57. The summed E-state index contributed by atoms with van der Waals surface area (Å²) >= 11 is 0. The number of piperidine rings is 1. The SMILES string of the molecule is C#C.CC(C)Cn1c(C(O)=C2CCC2)cc2c(OCCCN3CCC(c4ccc5ccccc5c4)CC3)cccc21. The van der Waals surface area contributed by atoms with Crippen molar-refractivity contribution in [2.45, 2.75) is 64.8 Å². The zero-order chi connectivity index (χ0) is 28.8. The second-order valence-corrected chi connectivity index (χ2v) is 12.0. The molecular weight excluding hydrogens is 504 g/mol. The van der Waals surface area contributed by atoms with Crippen molar-refractivity contribution in [2.75, 3.05) is 26.2 Å². The van der Waals surface area contributed by atoms with Gasteiger partial charge in [0.25, 0.3) is 0 Å². The minimum Gasteiger partial charge on any atom is -0.506 e. The number of aliphatic hydroxyl groups is 1. The van der Waals surface area contributed by atoms with Gasteiger partial charge in [0.2, 0.25) is 0 Å². The summed E-state index contributed by atoms with van der Waals surface area (Å²) in [6.45, 7) is 9.44. The van der Waals surface area contributed by atoms with E-state index >= 15 is 0 Å². The number of nitrogens with zero attached hydrogens (tertiary/aromatic N) is 2. The third-order valence-corrected chi connectivity index (χ3v) is 8.70. The number of aromatic nitrogens is 1. The first-order valence-electron chi connectivity index (χ1n) is 15.3. The minimum atomic E-state index is 0.483. The predicted octanol–water partition coefficient (Wildman–Crippen LogP) is 8.80. The smallest absolute Gasteiger partial charge is 0.138 e. The third-order valence-electron chi connectivity index (χ3n) is 8.70. The molecule has 41 heavy (non-hydrogen) atoms. The maximum Gasteiger partial charge on any atom is 0.138 e. The maximum absolute atomic E-state index is 11.0. The van der Waals surface area contributed by atoms with E-state index in [2.05, 4.69) is 103 Å². The molecule has 0 unspecified atom stereocenters. The zero-order valence-corrected chi connectivity index (χ0v) is 24.7. The van der Waals surface area contributed by atoms with E-state index in [1.54, 1.807) is 0 Å². The molecule has 6 rings (SSSR count). The van der Waals surface area contributed by atoms with E-state index in [4.69, 9.17) is 4.74 Å². The molecule has 0 amide bonds. The number of hydrogen-bond donors (Lipinski definition) is 1. The molecule has 4 nitrogen and oxygen atoms in total. The Morgan fingerprint density at radius 2 is 1.71 bits per heavy atom. The monoisotopic (exact) mass is 548 g/mol. The Balaban J connectivity index is 0.00000165. The van der Waals surface area contributed by atoms with Gasteiger partial charge < -0.3 is 19.3 Å². The fraction of sp³-hybridized carbons (Fsp3) is 0.405. The van der Waals surface area contributed by atoms with Crippen LogP contribution in [0.15, 0.2) is 72.3 Å². The molecule has 2 aliphatic rings. The lowest BCUT2D eigenvalue weighted by atomic mass is 9.88. The van der Waals surface area contributed by atoms with Crippen molar-refractivity contribution < 1.29 is 9.84 Å². The number of likely N-dealkylation sites (tertiary alicyclic amines) is 1. The summed E-state index contributed by atoms with van der Waals surface area (Å²) in [5.41, 5.74) is 4.78. The molecule has 1 aliphatic carbocycles. The zero-order valence-electron chi connectivity index (χ0n) is 24.7. The molecule has 2 heterocycles. The molecule has 1 saturated carbocycles. The molecule has 0 radical (unpaired) electrons. The quantitative estimate of drug-likeness (QED) is 0.129. The van der Waals surface area contributed by atoms with Gasteiger partial charge in [-0.15, -0.1) is 12.8 Å². The van der Waals surface area contributed by atoms with Gasteiger partial charge in [-0.25, -0.2) is 0 Å². The topological polar surface area (TPSA) is 37.6 Å². The van der Waals surface area contributed by atoms with E-state index < -0.39 is 0 Å². The number of terminal acetylenes is 1. The van der Waals surface area contributed by atoms with Gasteiger partial charge in [-0.3, -0.25) is 0 Å². The van der Waals surface area contributed by atoms with E-state index in [0.29, 0.717) is 24.2 Å². The molecule has 0 bridgehead atoms. The molecule has 0 spiro atoms. The van der Waals surface area contributed by atoms with Crippen molar-refractivity contribution >= 4 is 27.4 Å². The van der Waals surface area contributed by atoms with E-state index in [-0.39, 0.29) is 0 Å². The summed E-state index contributed by atoms with van der Waals surface area (Å²) in [6.07, 6.45) is 14.7. The molecular formula is C37H44N2O2. The molecule has 214 valence electrons. The highest BCUT2D eigenvalue weighted by Crippen LogP contribution is 2.37. The van der Waals surface area contributed by atoms with E-state index in [1.165, 1.54) is 41.2 Å². The predicted molar refractivity (Wildman–Crippen MR) is 173 cm³/mol. The van der Waals surface area contributed by atoms with Crippen molar-refractivity contribution in [2.24, 2.45) is 5.92 Å². The van der Waals surface area contributed by atoms with E-state index in [9.17, 15) is 5.11 Å². The summed E-state index contributed by atoms with van der Waals surface area (Å²) < 4.78 is 8.64. The van der Waals surface area contributed by atoms with Crippen LogP contribution in [0, 0.1) is 18.8 Å². The van der Waals surface area contributed by atoms with Crippen LogP contribution < -0.4 is 4.74 Å². The van der Waals surface area contributed by atoms with Crippen LogP contribution >= 0.6 is 0 Å². The summed E-state index contributed by atoms with van der Waals surface area (Å²) in [5, 5.41) is 14.8. The van der Waals surface area contributed by atoms with Crippen molar-refractivity contribution in [3.63, 3.8) is 0 Å². The summed E-state index contributed by atoms with van der Waals surface area (Å²) in [6, 6.07) is 24.1. The molecule has 1 aliphatic heterocycles. The average molecular weight is 549 g/mol. The van der Waals surface area contributed by atoms with Gasteiger partial charge in [0.15, 0.2) is 0 Å². The number of ether oxygens (including phenoxy) is 1. The van der Waals surface area contributed by atoms with E-state index in [1.807, 2.05) is 0 Å². The Morgan fingerprint density at radius 1 is 0.951 bits per heavy atom. The largest absolute Gasteiger partial charge is 0.506 e. The first-order chi connectivity index (χ1) is 20.1. The number of benzene rings is 3. The summed E-state index contributed by atoms with van der Waals surface area (Å²) in [4.78, 5) is 2.60. The Kier molecular flexibility index (Phi) is 9.37. The van der Waals surface area contributed by atoms with Crippen LogP contribution in [0.2, 0.25) is 0 Å². The second kappa shape index (κ2) is 13.3. The number of rotatable bonds is 9. The van der Waals surface area contributed by atoms with Gasteiger partial charge in [0, 0.05) is 18.5 Å². The van der Waals surface area contributed by atoms with Crippen molar-refractivity contribution in [3.8, 4) is 18.6 Å². The molecule has 3 aromatic carbocycles. The molecule has 0 atom stereocenters. The molecule has 4 heteroatoms. The fourth-order valence-corrected chi connectivity index (χ4v) is 6.33. The fourth-order valence-electron chi connectivity index (χ4n) is 6.33. The average Bonchev–Trinajstić information content (AvgIpc) is 3.34. The van der Waals surface area contributed by atoms with Gasteiger partial charge >= 0.3 is 0 Å². The number of aliphatic hydroxyl groups excluding tert-OH is 1. The van der Waals surface area contributed by atoms with Crippen LogP contribution in [0.4, 0.5) is 0 Å². The van der Waals surface area contributed by atoms with Gasteiger partial charge in [-0.1, -0.05) is 62.4 Å². The van der Waals surface area contributed by atoms with Crippen LogP contribution in [0.5, 0.6) is 5.75 Å². The maximum atomic E-state index is 11.0. The van der Waals surface area contributed by atoms with Gasteiger partial charge in [-0.05, 0) is 104 Å². The van der Waals surface area contributed by atoms with Crippen LogP contribution in [0.25, 0.3) is 27.4 Å². The first kappa shape index (κ1) is 28.8. The minimum absolute atomic E-state index is 0.483. The Hall–Kier alpha value is -3.68. The van der Waals surface area contributed by atoms with Crippen LogP contribution in [0.3, 0.4) is 0 Å². The third kappa shape index (κ3) is 6.47. The highest BCUT2D eigenvalue weighted by Gasteiger charge is 2.22. The highest BCUT2D eigenvalue weighted by atomic mass is 16.5. The number of allylic oxidation sites excluding steroid dienone is 1. The number of hydrogen-bond acceptors (Lipinski definition) is 3. The molecule has 2 fully saturated rings.